The molecule has 1 amide bonds. The molecule has 4 heteroatoms. The number of amides is 1. The van der Waals surface area contributed by atoms with E-state index in [9.17, 15) is 14.7 Å². The quantitative estimate of drug-likeness (QED) is 0.786. The third-order valence-electron chi connectivity index (χ3n) is 5.71. The molecule has 4 unspecified atom stereocenters. The van der Waals surface area contributed by atoms with E-state index in [-0.39, 0.29) is 35.1 Å². The first-order valence-corrected chi connectivity index (χ1v) is 8.02. The van der Waals surface area contributed by atoms with E-state index in [4.69, 9.17) is 0 Å². The lowest BCUT2D eigenvalue weighted by atomic mass is 9.61. The second kappa shape index (κ2) is 6.20. The number of allylic oxidation sites excluding steroid dienone is 2. The van der Waals surface area contributed by atoms with Crippen LogP contribution in [0.5, 0.6) is 0 Å². The van der Waals surface area contributed by atoms with E-state index in [1.165, 1.54) is 0 Å². The Morgan fingerprint density at radius 3 is 2.48 bits per heavy atom. The molecule has 2 N–H and O–H groups in total. The fourth-order valence-corrected chi connectivity index (χ4v) is 3.78. The molecule has 0 aliphatic heterocycles. The SMILES string of the molecule is CC1C(NC(=O)C2CC=CCC2)CCC(C(=O)O)C1(C)C. The monoisotopic (exact) mass is 293 g/mol. The van der Waals surface area contributed by atoms with Crippen molar-refractivity contribution in [2.24, 2.45) is 23.2 Å². The van der Waals surface area contributed by atoms with Gasteiger partial charge < -0.3 is 10.4 Å². The van der Waals surface area contributed by atoms with Crippen molar-refractivity contribution in [3.05, 3.63) is 12.2 Å². The molecule has 0 aromatic carbocycles. The lowest BCUT2D eigenvalue weighted by Crippen LogP contribution is -2.53. The van der Waals surface area contributed by atoms with Crippen molar-refractivity contribution in [3.63, 3.8) is 0 Å². The second-order valence-electron chi connectivity index (χ2n) is 7.17. The maximum atomic E-state index is 12.4. The van der Waals surface area contributed by atoms with Gasteiger partial charge in [0.25, 0.3) is 0 Å². The Morgan fingerprint density at radius 1 is 1.19 bits per heavy atom. The van der Waals surface area contributed by atoms with E-state index in [0.29, 0.717) is 6.42 Å². The number of hydrogen-bond donors (Lipinski definition) is 2. The fourth-order valence-electron chi connectivity index (χ4n) is 3.78. The molecule has 118 valence electrons. The summed E-state index contributed by atoms with van der Waals surface area (Å²) in [5.41, 5.74) is -0.297. The van der Waals surface area contributed by atoms with Gasteiger partial charge in [-0.2, -0.15) is 0 Å². The van der Waals surface area contributed by atoms with Crippen LogP contribution in [0.2, 0.25) is 0 Å². The van der Waals surface area contributed by atoms with E-state index in [1.807, 2.05) is 13.8 Å². The number of aliphatic carboxylic acids is 1. The Hall–Kier alpha value is -1.32. The standard InChI is InChI=1S/C17H27NO3/c1-11-14(10-9-13(16(20)21)17(11,2)3)18-15(19)12-7-5-4-6-8-12/h4-5,11-14H,6-10H2,1-3H3,(H,18,19)(H,20,21). The largest absolute Gasteiger partial charge is 0.481 e. The smallest absolute Gasteiger partial charge is 0.307 e. The summed E-state index contributed by atoms with van der Waals surface area (Å²) in [4.78, 5) is 23.8. The second-order valence-corrected chi connectivity index (χ2v) is 7.17. The van der Waals surface area contributed by atoms with Crippen LogP contribution in [-0.2, 0) is 9.59 Å². The van der Waals surface area contributed by atoms with Gasteiger partial charge in [-0.1, -0.05) is 32.9 Å². The van der Waals surface area contributed by atoms with Gasteiger partial charge in [0, 0.05) is 12.0 Å². The van der Waals surface area contributed by atoms with Crippen LogP contribution in [0.15, 0.2) is 12.2 Å². The zero-order chi connectivity index (χ0) is 15.6. The third kappa shape index (κ3) is 3.30. The van der Waals surface area contributed by atoms with Crippen LogP contribution in [0.3, 0.4) is 0 Å². The normalized spacial score (nSPS) is 35.2. The Labute approximate surface area is 127 Å². The van der Waals surface area contributed by atoms with Crippen molar-refractivity contribution in [1.29, 1.82) is 0 Å². The molecule has 4 nitrogen and oxygen atoms in total. The number of carbonyl (C=O) groups is 2. The van der Waals surface area contributed by atoms with E-state index in [0.717, 1.165) is 25.7 Å². The summed E-state index contributed by atoms with van der Waals surface area (Å²) in [6, 6.07) is 0.0917. The molecular weight excluding hydrogens is 266 g/mol. The molecule has 2 aliphatic carbocycles. The van der Waals surface area contributed by atoms with Gasteiger partial charge in [-0.15, -0.1) is 0 Å². The highest BCUT2D eigenvalue weighted by Gasteiger charge is 2.46. The number of carboxylic acids is 1. The molecule has 0 aromatic rings. The minimum Gasteiger partial charge on any atom is -0.481 e. The fraction of sp³-hybridized carbons (Fsp3) is 0.765. The number of nitrogens with one attached hydrogen (secondary N) is 1. The molecule has 0 saturated heterocycles. The molecule has 1 fully saturated rings. The molecular formula is C17H27NO3. The number of carbonyl (C=O) groups excluding carboxylic acids is 1. The van der Waals surface area contributed by atoms with Gasteiger partial charge >= 0.3 is 5.97 Å². The Morgan fingerprint density at radius 2 is 1.90 bits per heavy atom. The van der Waals surface area contributed by atoms with Crippen molar-refractivity contribution in [3.8, 4) is 0 Å². The average Bonchev–Trinajstić information content (AvgIpc) is 2.44. The highest BCUT2D eigenvalue weighted by Crippen LogP contribution is 2.45. The lowest BCUT2D eigenvalue weighted by molar-refractivity contribution is -0.150. The van der Waals surface area contributed by atoms with Crippen molar-refractivity contribution >= 4 is 11.9 Å². The molecule has 2 rings (SSSR count). The topological polar surface area (TPSA) is 66.4 Å². The van der Waals surface area contributed by atoms with Gasteiger partial charge in [0.15, 0.2) is 0 Å². The van der Waals surface area contributed by atoms with Crippen LogP contribution in [0, 0.1) is 23.2 Å². The van der Waals surface area contributed by atoms with Crippen molar-refractivity contribution < 1.29 is 14.7 Å². The number of carboxylic acid groups (broad SMARTS) is 1. The van der Waals surface area contributed by atoms with Crippen LogP contribution in [0.25, 0.3) is 0 Å². The maximum Gasteiger partial charge on any atom is 0.307 e. The van der Waals surface area contributed by atoms with Gasteiger partial charge in [0.2, 0.25) is 5.91 Å². The van der Waals surface area contributed by atoms with Crippen LogP contribution >= 0.6 is 0 Å². The highest BCUT2D eigenvalue weighted by atomic mass is 16.4. The summed E-state index contributed by atoms with van der Waals surface area (Å²) < 4.78 is 0. The first-order valence-electron chi connectivity index (χ1n) is 8.02. The summed E-state index contributed by atoms with van der Waals surface area (Å²) in [7, 11) is 0. The molecule has 0 bridgehead atoms. The van der Waals surface area contributed by atoms with Gasteiger partial charge in [-0.25, -0.2) is 0 Å². The van der Waals surface area contributed by atoms with Crippen LogP contribution in [0.1, 0.15) is 52.9 Å². The molecule has 0 spiro atoms. The highest BCUT2D eigenvalue weighted by molar-refractivity contribution is 5.79. The van der Waals surface area contributed by atoms with Gasteiger partial charge in [0.05, 0.1) is 5.92 Å². The first kappa shape index (κ1) is 16.1. The Balaban J connectivity index is 2.00. The Bertz CT molecular complexity index is 441. The summed E-state index contributed by atoms with van der Waals surface area (Å²) in [6.07, 6.45) is 8.34. The molecule has 21 heavy (non-hydrogen) atoms. The average molecular weight is 293 g/mol. The van der Waals surface area contributed by atoms with Crippen molar-refractivity contribution in [2.75, 3.05) is 0 Å². The summed E-state index contributed by atoms with van der Waals surface area (Å²) >= 11 is 0. The predicted molar refractivity (Wildman–Crippen MR) is 81.7 cm³/mol. The molecule has 2 aliphatic rings. The van der Waals surface area contributed by atoms with Crippen LogP contribution < -0.4 is 5.32 Å². The molecule has 0 aromatic heterocycles. The number of rotatable bonds is 3. The van der Waals surface area contributed by atoms with Gasteiger partial charge in [0.1, 0.15) is 0 Å². The first-order chi connectivity index (χ1) is 9.84. The van der Waals surface area contributed by atoms with Crippen molar-refractivity contribution in [1.82, 2.24) is 5.32 Å². The molecule has 0 heterocycles. The zero-order valence-corrected chi connectivity index (χ0v) is 13.3. The van der Waals surface area contributed by atoms with Crippen molar-refractivity contribution in [2.45, 2.75) is 58.9 Å². The molecule has 0 radical (unpaired) electrons. The predicted octanol–water partition coefficient (Wildman–Crippen LogP) is 2.98. The van der Waals surface area contributed by atoms with E-state index in [2.05, 4.69) is 24.4 Å². The van der Waals surface area contributed by atoms with Gasteiger partial charge in [-0.3, -0.25) is 9.59 Å². The minimum absolute atomic E-state index is 0.0857. The minimum atomic E-state index is -0.714. The van der Waals surface area contributed by atoms with Crippen LogP contribution in [-0.4, -0.2) is 23.0 Å². The summed E-state index contributed by atoms with van der Waals surface area (Å²) in [6.45, 7) is 6.09. The summed E-state index contributed by atoms with van der Waals surface area (Å²) in [5.74, 6) is -0.647. The Kier molecular flexibility index (Phi) is 4.74. The van der Waals surface area contributed by atoms with E-state index >= 15 is 0 Å². The molecule has 4 atom stereocenters. The summed E-state index contributed by atoms with van der Waals surface area (Å²) in [5, 5.41) is 12.6. The van der Waals surface area contributed by atoms with E-state index in [1.54, 1.807) is 0 Å². The van der Waals surface area contributed by atoms with E-state index < -0.39 is 5.97 Å². The number of hydrogen-bond acceptors (Lipinski definition) is 2. The zero-order valence-electron chi connectivity index (χ0n) is 13.3. The third-order valence-corrected chi connectivity index (χ3v) is 5.71. The maximum absolute atomic E-state index is 12.4. The lowest BCUT2D eigenvalue weighted by Gasteiger charge is -2.46. The molecule has 1 saturated carbocycles. The van der Waals surface area contributed by atoms with Gasteiger partial charge in [-0.05, 0) is 43.4 Å². The van der Waals surface area contributed by atoms with Crippen LogP contribution in [0.4, 0.5) is 0 Å².